The Morgan fingerprint density at radius 1 is 0.735 bits per heavy atom. The van der Waals surface area contributed by atoms with Crippen molar-refractivity contribution < 1.29 is 38.7 Å². The average Bonchev–Trinajstić information content (AvgIpc) is 2.79. The topological polar surface area (TPSA) is 150 Å². The van der Waals surface area contributed by atoms with Gasteiger partial charge >= 0.3 is 11.9 Å². The monoisotopic (exact) mass is 469 g/mol. The van der Waals surface area contributed by atoms with Gasteiger partial charge in [0.1, 0.15) is 55.8 Å². The Hall–Kier alpha value is -4.41. The fraction of sp³-hybridized carbons (Fsp3) is 0.261. The van der Waals surface area contributed by atoms with Crippen molar-refractivity contribution in [3.05, 3.63) is 42.7 Å². The van der Waals surface area contributed by atoms with Crippen LogP contribution in [-0.2, 0) is 19.1 Å². The highest BCUT2D eigenvalue weighted by atomic mass is 16.6. The van der Waals surface area contributed by atoms with Crippen LogP contribution in [0.25, 0.3) is 22.8 Å². The molecule has 2 N–H and O–H groups in total. The van der Waals surface area contributed by atoms with E-state index in [-0.39, 0.29) is 49.6 Å². The number of nitrogens with zero attached hydrogens (tertiary/aromatic N) is 3. The first-order chi connectivity index (χ1) is 16.3. The predicted octanol–water partition coefficient (Wildman–Crippen LogP) is 2.50. The molecular formula is C23H23N3O8. The first-order valence-corrected chi connectivity index (χ1v) is 10.2. The van der Waals surface area contributed by atoms with Gasteiger partial charge in [-0.15, -0.1) is 0 Å². The van der Waals surface area contributed by atoms with Gasteiger partial charge in [-0.05, 0) is 24.3 Å². The SMILES string of the molecule is CC(=O)OCCOc1ccc(-c2ncnc(-c3ccc(OCCOC(C)=O)cc3O)n2)c(O)c1. The summed E-state index contributed by atoms with van der Waals surface area (Å²) in [4.78, 5) is 34.1. The quantitative estimate of drug-likeness (QED) is 0.333. The number of aromatic hydroxyl groups is 2. The third-order valence-electron chi connectivity index (χ3n) is 4.31. The smallest absolute Gasteiger partial charge is 0.302 e. The third kappa shape index (κ3) is 6.79. The summed E-state index contributed by atoms with van der Waals surface area (Å²) in [6.45, 7) is 3.07. The van der Waals surface area contributed by atoms with Crippen molar-refractivity contribution in [1.82, 2.24) is 15.0 Å². The summed E-state index contributed by atoms with van der Waals surface area (Å²) >= 11 is 0. The van der Waals surface area contributed by atoms with E-state index in [0.29, 0.717) is 22.6 Å². The van der Waals surface area contributed by atoms with Gasteiger partial charge in [-0.25, -0.2) is 15.0 Å². The highest BCUT2D eigenvalue weighted by Gasteiger charge is 2.14. The molecule has 0 bridgehead atoms. The van der Waals surface area contributed by atoms with Crippen LogP contribution in [0.2, 0.25) is 0 Å². The maximum Gasteiger partial charge on any atom is 0.302 e. The second-order valence-corrected chi connectivity index (χ2v) is 6.87. The molecule has 1 heterocycles. The molecule has 0 unspecified atom stereocenters. The Bertz CT molecular complexity index is 1080. The second kappa shape index (κ2) is 11.5. The van der Waals surface area contributed by atoms with Crippen LogP contribution in [0.1, 0.15) is 13.8 Å². The average molecular weight is 469 g/mol. The predicted molar refractivity (Wildman–Crippen MR) is 118 cm³/mol. The van der Waals surface area contributed by atoms with Crippen LogP contribution in [-0.4, -0.2) is 63.5 Å². The molecule has 0 fully saturated rings. The summed E-state index contributed by atoms with van der Waals surface area (Å²) in [6.07, 6.45) is 1.27. The highest BCUT2D eigenvalue weighted by Crippen LogP contribution is 2.33. The zero-order chi connectivity index (χ0) is 24.5. The van der Waals surface area contributed by atoms with Crippen LogP contribution in [0.15, 0.2) is 42.7 Å². The van der Waals surface area contributed by atoms with Crippen LogP contribution in [0, 0.1) is 0 Å². The molecule has 1 aromatic heterocycles. The summed E-state index contributed by atoms with van der Waals surface area (Å²) < 4.78 is 20.5. The molecule has 0 aliphatic rings. The zero-order valence-corrected chi connectivity index (χ0v) is 18.6. The molecule has 0 amide bonds. The lowest BCUT2D eigenvalue weighted by atomic mass is 10.1. The van der Waals surface area contributed by atoms with Gasteiger partial charge in [0.2, 0.25) is 0 Å². The van der Waals surface area contributed by atoms with Crippen LogP contribution in [0.4, 0.5) is 0 Å². The van der Waals surface area contributed by atoms with E-state index in [1.807, 2.05) is 0 Å². The number of hydrogen-bond acceptors (Lipinski definition) is 11. The number of aromatic nitrogens is 3. The Labute approximate surface area is 194 Å². The molecule has 0 radical (unpaired) electrons. The zero-order valence-electron chi connectivity index (χ0n) is 18.6. The lowest BCUT2D eigenvalue weighted by Gasteiger charge is -2.10. The van der Waals surface area contributed by atoms with Crippen molar-refractivity contribution in [2.75, 3.05) is 26.4 Å². The van der Waals surface area contributed by atoms with Gasteiger partial charge in [-0.3, -0.25) is 9.59 Å². The van der Waals surface area contributed by atoms with Gasteiger partial charge in [0.25, 0.3) is 0 Å². The normalized spacial score (nSPS) is 10.4. The Morgan fingerprint density at radius 2 is 1.18 bits per heavy atom. The number of ether oxygens (including phenoxy) is 4. The molecule has 0 aliphatic carbocycles. The molecule has 2 aromatic carbocycles. The largest absolute Gasteiger partial charge is 0.507 e. The summed E-state index contributed by atoms with van der Waals surface area (Å²) in [7, 11) is 0. The van der Waals surface area contributed by atoms with E-state index in [4.69, 9.17) is 18.9 Å². The molecule has 0 spiro atoms. The molecule has 3 rings (SSSR count). The van der Waals surface area contributed by atoms with E-state index in [9.17, 15) is 19.8 Å². The fourth-order valence-electron chi connectivity index (χ4n) is 2.83. The Balaban J connectivity index is 1.71. The maximum absolute atomic E-state index is 10.8. The van der Waals surface area contributed by atoms with Crippen molar-refractivity contribution in [3.63, 3.8) is 0 Å². The van der Waals surface area contributed by atoms with Crippen LogP contribution >= 0.6 is 0 Å². The minimum Gasteiger partial charge on any atom is -0.507 e. The maximum atomic E-state index is 10.8. The molecule has 11 nitrogen and oxygen atoms in total. The van der Waals surface area contributed by atoms with Crippen LogP contribution < -0.4 is 9.47 Å². The van der Waals surface area contributed by atoms with E-state index in [0.717, 1.165) is 0 Å². The Kier molecular flexibility index (Phi) is 8.16. The van der Waals surface area contributed by atoms with Crippen LogP contribution in [0.3, 0.4) is 0 Å². The van der Waals surface area contributed by atoms with Gasteiger partial charge in [-0.1, -0.05) is 0 Å². The molecule has 0 atom stereocenters. The number of hydrogen-bond donors (Lipinski definition) is 2. The van der Waals surface area contributed by atoms with E-state index in [1.54, 1.807) is 24.3 Å². The van der Waals surface area contributed by atoms with Gasteiger partial charge in [0.05, 0.1) is 11.1 Å². The number of carbonyl (C=O) groups is 2. The summed E-state index contributed by atoms with van der Waals surface area (Å²) in [6, 6.07) is 9.18. The molecule has 0 aliphatic heterocycles. The first-order valence-electron chi connectivity index (χ1n) is 10.2. The molecule has 178 valence electrons. The molecular weight excluding hydrogens is 446 g/mol. The van der Waals surface area contributed by atoms with E-state index >= 15 is 0 Å². The van der Waals surface area contributed by atoms with Gasteiger partial charge < -0.3 is 29.2 Å². The van der Waals surface area contributed by atoms with E-state index in [1.165, 1.54) is 32.3 Å². The summed E-state index contributed by atoms with van der Waals surface area (Å²) in [5.41, 5.74) is 0.668. The fourth-order valence-corrected chi connectivity index (χ4v) is 2.83. The first kappa shape index (κ1) is 24.2. The minimum absolute atomic E-state index is 0.0915. The van der Waals surface area contributed by atoms with Crippen molar-refractivity contribution in [2.45, 2.75) is 13.8 Å². The highest BCUT2D eigenvalue weighted by molar-refractivity contribution is 5.70. The van der Waals surface area contributed by atoms with Crippen molar-refractivity contribution in [2.24, 2.45) is 0 Å². The molecule has 3 aromatic rings. The number of benzene rings is 2. The number of esters is 2. The lowest BCUT2D eigenvalue weighted by Crippen LogP contribution is -2.09. The Morgan fingerprint density at radius 3 is 1.56 bits per heavy atom. The van der Waals surface area contributed by atoms with Crippen molar-refractivity contribution >= 4 is 11.9 Å². The standard InChI is InChI=1S/C23H23N3O8/c1-14(27)31-7-9-33-16-3-5-18(20(29)11-16)22-24-13-25-23(26-22)19-6-4-17(12-21(19)30)34-10-8-32-15(2)28/h3-6,11-13,29-30H,7-10H2,1-2H3. The minimum atomic E-state index is -0.403. The van der Waals surface area contributed by atoms with Gasteiger partial charge in [0.15, 0.2) is 11.6 Å². The van der Waals surface area contributed by atoms with Gasteiger partial charge in [0, 0.05) is 26.0 Å². The number of rotatable bonds is 10. The summed E-state index contributed by atoms with van der Waals surface area (Å²) in [5, 5.41) is 20.8. The molecule has 34 heavy (non-hydrogen) atoms. The van der Waals surface area contributed by atoms with E-state index in [2.05, 4.69) is 15.0 Å². The number of carbonyl (C=O) groups excluding carboxylic acids is 2. The third-order valence-corrected chi connectivity index (χ3v) is 4.31. The molecule has 11 heteroatoms. The molecule has 0 saturated heterocycles. The van der Waals surface area contributed by atoms with Gasteiger partial charge in [-0.2, -0.15) is 0 Å². The molecule has 0 saturated carbocycles. The number of phenols is 2. The second-order valence-electron chi connectivity index (χ2n) is 6.87. The van der Waals surface area contributed by atoms with E-state index < -0.39 is 11.9 Å². The number of phenolic OH excluding ortho intramolecular Hbond substituents is 2. The lowest BCUT2D eigenvalue weighted by molar-refractivity contribution is -0.142. The van der Waals surface area contributed by atoms with Crippen molar-refractivity contribution in [1.29, 1.82) is 0 Å². The van der Waals surface area contributed by atoms with Crippen molar-refractivity contribution in [3.8, 4) is 45.8 Å². The summed E-state index contributed by atoms with van der Waals surface area (Å²) in [5.74, 6) is 0.0879. The van der Waals surface area contributed by atoms with Crippen LogP contribution in [0.5, 0.6) is 23.0 Å².